The number of benzene rings is 1. The lowest BCUT2D eigenvalue weighted by Gasteiger charge is -2.29. The lowest BCUT2D eigenvalue weighted by molar-refractivity contribution is -0.0500. The second-order valence-corrected chi connectivity index (χ2v) is 10.1. The Hall–Kier alpha value is -3.56. The standard InChI is InChI=1S/C28H32F3N5O2/c1-17(32-2)18-5-7-21(8-6-18)34-27(37)24-16-33-36-11-9-22(15-26(24)36)35-10-3-4-25(35)19-12-20(29)14-23(13-19)38-28(30)31/h9,11-16,18,21,25,28H,3-8,10H2,1-2H3,(H,34,37). The van der Waals surface area contributed by atoms with Crippen molar-refractivity contribution in [1.29, 1.82) is 0 Å². The van der Waals surface area contributed by atoms with Gasteiger partial charge in [0.1, 0.15) is 11.6 Å². The van der Waals surface area contributed by atoms with E-state index in [2.05, 4.69) is 32.0 Å². The quantitative estimate of drug-likeness (QED) is 0.395. The van der Waals surface area contributed by atoms with Crippen molar-refractivity contribution in [1.82, 2.24) is 14.9 Å². The summed E-state index contributed by atoms with van der Waals surface area (Å²) >= 11 is 0. The van der Waals surface area contributed by atoms with Crippen LogP contribution < -0.4 is 15.0 Å². The summed E-state index contributed by atoms with van der Waals surface area (Å²) in [5.41, 5.74) is 3.76. The predicted octanol–water partition coefficient (Wildman–Crippen LogP) is 5.80. The normalized spacial score (nSPS) is 22.3. The SMILES string of the molecule is CN=C(C)C1CCC(NC(=O)c2cnn3ccc(N4CCCC4c4cc(F)cc(OC(F)F)c4)cc23)CC1. The Morgan fingerprint density at radius 1 is 1.16 bits per heavy atom. The maximum absolute atomic E-state index is 14.2. The molecule has 38 heavy (non-hydrogen) atoms. The fourth-order valence-corrected chi connectivity index (χ4v) is 5.79. The number of fused-ring (bicyclic) bond motifs is 1. The van der Waals surface area contributed by atoms with Crippen molar-refractivity contribution in [2.75, 3.05) is 18.5 Å². The Morgan fingerprint density at radius 2 is 1.95 bits per heavy atom. The molecule has 202 valence electrons. The van der Waals surface area contributed by atoms with Gasteiger partial charge in [-0.05, 0) is 81.2 Å². The van der Waals surface area contributed by atoms with Crippen molar-refractivity contribution in [3.63, 3.8) is 0 Å². The van der Waals surface area contributed by atoms with Gasteiger partial charge in [0.2, 0.25) is 0 Å². The topological polar surface area (TPSA) is 71.2 Å². The Bertz CT molecular complexity index is 1330. The monoisotopic (exact) mass is 527 g/mol. The van der Waals surface area contributed by atoms with Crippen LogP contribution in [0.4, 0.5) is 18.9 Å². The molecule has 1 aliphatic carbocycles. The molecule has 2 aliphatic rings. The molecule has 1 atom stereocenters. The Kier molecular flexibility index (Phi) is 7.58. The molecule has 5 rings (SSSR count). The van der Waals surface area contributed by atoms with Gasteiger partial charge in [0.15, 0.2) is 0 Å². The molecule has 1 saturated carbocycles. The number of anilines is 1. The van der Waals surface area contributed by atoms with Crippen LogP contribution in [0.5, 0.6) is 5.75 Å². The molecular weight excluding hydrogens is 495 g/mol. The molecule has 1 saturated heterocycles. The molecule has 10 heteroatoms. The minimum Gasteiger partial charge on any atom is -0.435 e. The van der Waals surface area contributed by atoms with Crippen LogP contribution in [0.25, 0.3) is 5.52 Å². The largest absolute Gasteiger partial charge is 0.435 e. The van der Waals surface area contributed by atoms with Crippen molar-refractivity contribution in [2.45, 2.75) is 64.1 Å². The number of ether oxygens (including phenoxy) is 1. The van der Waals surface area contributed by atoms with Crippen LogP contribution in [0.15, 0.2) is 47.7 Å². The average Bonchev–Trinajstić information content (AvgIpc) is 3.55. The minimum absolute atomic E-state index is 0.113. The molecule has 1 aliphatic heterocycles. The predicted molar refractivity (Wildman–Crippen MR) is 140 cm³/mol. The highest BCUT2D eigenvalue weighted by atomic mass is 19.3. The van der Waals surface area contributed by atoms with Crippen molar-refractivity contribution < 1.29 is 22.7 Å². The highest BCUT2D eigenvalue weighted by Crippen LogP contribution is 2.38. The zero-order chi connectivity index (χ0) is 26.8. The van der Waals surface area contributed by atoms with E-state index < -0.39 is 12.4 Å². The fourth-order valence-electron chi connectivity index (χ4n) is 5.79. The number of alkyl halides is 2. The first kappa shape index (κ1) is 26.1. The third-order valence-corrected chi connectivity index (χ3v) is 7.84. The number of hydrogen-bond acceptors (Lipinski definition) is 5. The number of carbonyl (C=O) groups excluding carboxylic acids is 1. The maximum Gasteiger partial charge on any atom is 0.387 e. The number of rotatable bonds is 7. The van der Waals surface area contributed by atoms with Gasteiger partial charge in [-0.2, -0.15) is 13.9 Å². The van der Waals surface area contributed by atoms with Crippen LogP contribution in [0.2, 0.25) is 0 Å². The molecule has 0 radical (unpaired) electrons. The Morgan fingerprint density at radius 3 is 2.68 bits per heavy atom. The smallest absolute Gasteiger partial charge is 0.387 e. The van der Waals surface area contributed by atoms with Gasteiger partial charge in [-0.15, -0.1) is 0 Å². The molecule has 3 aromatic rings. The molecule has 1 N–H and O–H groups in total. The van der Waals surface area contributed by atoms with Crippen LogP contribution in [-0.2, 0) is 0 Å². The molecule has 2 fully saturated rings. The van der Waals surface area contributed by atoms with Crippen molar-refractivity contribution in [2.24, 2.45) is 10.9 Å². The Balaban J connectivity index is 1.34. The van der Waals surface area contributed by atoms with Gasteiger partial charge < -0.3 is 15.0 Å². The van der Waals surface area contributed by atoms with Gasteiger partial charge >= 0.3 is 6.61 Å². The number of halogens is 3. The first-order chi connectivity index (χ1) is 18.3. The lowest BCUT2D eigenvalue weighted by atomic mass is 9.83. The van der Waals surface area contributed by atoms with E-state index in [1.807, 2.05) is 19.2 Å². The van der Waals surface area contributed by atoms with E-state index in [9.17, 15) is 18.0 Å². The summed E-state index contributed by atoms with van der Waals surface area (Å²) in [6.07, 6.45) is 8.81. The van der Waals surface area contributed by atoms with Gasteiger partial charge in [0.25, 0.3) is 5.91 Å². The number of pyridine rings is 1. The van der Waals surface area contributed by atoms with Crippen LogP contribution in [0.3, 0.4) is 0 Å². The number of carbonyl (C=O) groups is 1. The summed E-state index contributed by atoms with van der Waals surface area (Å²) < 4.78 is 45.8. The third-order valence-electron chi connectivity index (χ3n) is 7.84. The number of aromatic nitrogens is 2. The van der Waals surface area contributed by atoms with Crippen molar-refractivity contribution >= 4 is 22.8 Å². The maximum atomic E-state index is 14.2. The highest BCUT2D eigenvalue weighted by molar-refractivity contribution is 6.01. The molecule has 1 amide bonds. The average molecular weight is 528 g/mol. The first-order valence-electron chi connectivity index (χ1n) is 13.1. The molecular formula is C28H32F3N5O2. The number of hydrogen-bond donors (Lipinski definition) is 1. The molecule has 2 aromatic heterocycles. The van der Waals surface area contributed by atoms with Crippen molar-refractivity contribution in [3.8, 4) is 5.75 Å². The summed E-state index contributed by atoms with van der Waals surface area (Å²) in [7, 11) is 1.82. The Labute approximate surface area is 219 Å². The lowest BCUT2D eigenvalue weighted by Crippen LogP contribution is -2.38. The van der Waals surface area contributed by atoms with Gasteiger partial charge in [-0.3, -0.25) is 9.79 Å². The van der Waals surface area contributed by atoms with Gasteiger partial charge in [0.05, 0.1) is 23.3 Å². The van der Waals surface area contributed by atoms with Gasteiger partial charge in [0, 0.05) is 43.3 Å². The van der Waals surface area contributed by atoms with E-state index in [0.717, 1.165) is 50.3 Å². The van der Waals surface area contributed by atoms with Gasteiger partial charge in [-0.1, -0.05) is 0 Å². The number of nitrogens with one attached hydrogen (secondary N) is 1. The molecule has 1 aromatic carbocycles. The molecule has 1 unspecified atom stereocenters. The second kappa shape index (κ2) is 11.0. The molecule has 0 spiro atoms. The van der Waals surface area contributed by atoms with E-state index in [1.54, 1.807) is 16.9 Å². The molecule has 0 bridgehead atoms. The second-order valence-electron chi connectivity index (χ2n) is 10.1. The zero-order valence-corrected chi connectivity index (χ0v) is 21.5. The van der Waals surface area contributed by atoms with E-state index in [1.165, 1.54) is 17.8 Å². The number of nitrogens with zero attached hydrogens (tertiary/aromatic N) is 4. The van der Waals surface area contributed by atoms with E-state index in [-0.39, 0.29) is 23.7 Å². The number of aliphatic imine (C=N–C) groups is 1. The summed E-state index contributed by atoms with van der Waals surface area (Å²) in [5.74, 6) is -0.491. The minimum atomic E-state index is -3.03. The van der Waals surface area contributed by atoms with E-state index in [4.69, 9.17) is 0 Å². The molecule has 7 nitrogen and oxygen atoms in total. The summed E-state index contributed by atoms with van der Waals surface area (Å²) in [6.45, 7) is -0.250. The van der Waals surface area contributed by atoms with E-state index in [0.29, 0.717) is 29.1 Å². The summed E-state index contributed by atoms with van der Waals surface area (Å²) in [4.78, 5) is 19.6. The van der Waals surface area contributed by atoms with Crippen LogP contribution in [0.1, 0.15) is 67.4 Å². The van der Waals surface area contributed by atoms with Crippen LogP contribution in [-0.4, -0.2) is 47.5 Å². The van der Waals surface area contributed by atoms with E-state index >= 15 is 0 Å². The summed E-state index contributed by atoms with van der Waals surface area (Å²) in [6, 6.07) is 7.50. The van der Waals surface area contributed by atoms with Crippen LogP contribution >= 0.6 is 0 Å². The number of amides is 1. The zero-order valence-electron chi connectivity index (χ0n) is 21.5. The first-order valence-corrected chi connectivity index (χ1v) is 13.1. The highest BCUT2D eigenvalue weighted by Gasteiger charge is 2.29. The van der Waals surface area contributed by atoms with Crippen LogP contribution in [0, 0.1) is 11.7 Å². The van der Waals surface area contributed by atoms with Gasteiger partial charge in [-0.25, -0.2) is 8.91 Å². The summed E-state index contributed by atoms with van der Waals surface area (Å²) in [5, 5.41) is 7.54. The molecule has 3 heterocycles. The third kappa shape index (κ3) is 5.49. The van der Waals surface area contributed by atoms with Crippen molar-refractivity contribution in [3.05, 3.63) is 59.7 Å². The fraction of sp³-hybridized carbons (Fsp3) is 0.464.